The smallest absolute Gasteiger partial charge is 0.416 e. The van der Waals surface area contributed by atoms with Crippen LogP contribution in [0.3, 0.4) is 0 Å². The lowest BCUT2D eigenvalue weighted by atomic mass is 10.2. The van der Waals surface area contributed by atoms with Gasteiger partial charge in [-0.15, -0.1) is 11.3 Å². The lowest BCUT2D eigenvalue weighted by molar-refractivity contribution is 0.0554. The van der Waals surface area contributed by atoms with Gasteiger partial charge in [0.25, 0.3) is 0 Å². The Labute approximate surface area is 105 Å². The van der Waals surface area contributed by atoms with E-state index in [0.29, 0.717) is 5.82 Å². The molecule has 1 rings (SSSR count). The topological polar surface area (TPSA) is 62.7 Å². The maximum Gasteiger partial charge on any atom is 0.416 e. The second-order valence-electron chi connectivity index (χ2n) is 4.73. The van der Waals surface area contributed by atoms with Crippen molar-refractivity contribution in [1.29, 1.82) is 0 Å². The molecular formula is C11H18N2O3S. The van der Waals surface area contributed by atoms with Gasteiger partial charge in [-0.3, -0.25) is 4.90 Å². The van der Waals surface area contributed by atoms with Gasteiger partial charge in [-0.05, 0) is 27.7 Å². The molecule has 0 aliphatic heterocycles. The van der Waals surface area contributed by atoms with Crippen LogP contribution in [-0.4, -0.2) is 34.4 Å². The van der Waals surface area contributed by atoms with E-state index < -0.39 is 11.7 Å². The number of anilines is 1. The van der Waals surface area contributed by atoms with Gasteiger partial charge in [0.1, 0.15) is 11.4 Å². The molecule has 0 unspecified atom stereocenters. The van der Waals surface area contributed by atoms with E-state index in [1.807, 2.05) is 0 Å². The SMILES string of the molecule is C[C@@H](CO)N(C(=O)OC(C)(C)C)c1cscn1. The monoisotopic (exact) mass is 258 g/mol. The molecule has 17 heavy (non-hydrogen) atoms. The summed E-state index contributed by atoms with van der Waals surface area (Å²) in [7, 11) is 0. The maximum atomic E-state index is 12.0. The standard InChI is InChI=1S/C11H18N2O3S/c1-8(5-14)13(9-6-17-7-12-9)10(15)16-11(2,3)4/h6-8,14H,5H2,1-4H3/t8-/m0/s1. The maximum absolute atomic E-state index is 12.0. The minimum atomic E-state index is -0.569. The highest BCUT2D eigenvalue weighted by atomic mass is 32.1. The van der Waals surface area contributed by atoms with Gasteiger partial charge in [-0.1, -0.05) is 0 Å². The summed E-state index contributed by atoms with van der Waals surface area (Å²) < 4.78 is 5.29. The highest BCUT2D eigenvalue weighted by molar-refractivity contribution is 7.07. The number of rotatable bonds is 3. The fourth-order valence-electron chi connectivity index (χ4n) is 1.22. The van der Waals surface area contributed by atoms with Gasteiger partial charge in [0, 0.05) is 5.38 Å². The molecule has 0 aliphatic carbocycles. The zero-order valence-corrected chi connectivity index (χ0v) is 11.3. The predicted octanol–water partition coefficient (Wildman–Crippen LogP) is 2.27. The third-order valence-corrected chi connectivity index (χ3v) is 2.54. The molecule has 0 fully saturated rings. The molecule has 0 spiro atoms. The van der Waals surface area contributed by atoms with Crippen molar-refractivity contribution in [3.63, 3.8) is 0 Å². The summed E-state index contributed by atoms with van der Waals surface area (Å²) in [5.41, 5.74) is 1.07. The first kappa shape index (κ1) is 13.9. The number of amides is 1. The lowest BCUT2D eigenvalue weighted by Crippen LogP contribution is -2.44. The van der Waals surface area contributed by atoms with Crippen molar-refractivity contribution >= 4 is 23.2 Å². The number of nitrogens with zero attached hydrogens (tertiary/aromatic N) is 2. The number of thiazole rings is 1. The number of aromatic nitrogens is 1. The molecule has 1 N–H and O–H groups in total. The average molecular weight is 258 g/mol. The summed E-state index contributed by atoms with van der Waals surface area (Å²) in [5.74, 6) is 0.505. The van der Waals surface area contributed by atoms with Crippen LogP contribution in [0.25, 0.3) is 0 Å². The highest BCUT2D eigenvalue weighted by Gasteiger charge is 2.28. The summed E-state index contributed by atoms with van der Waals surface area (Å²) >= 11 is 1.39. The number of ether oxygens (including phenoxy) is 1. The van der Waals surface area contributed by atoms with Crippen LogP contribution in [0.15, 0.2) is 10.9 Å². The fourth-order valence-corrected chi connectivity index (χ4v) is 1.74. The van der Waals surface area contributed by atoms with Crippen LogP contribution in [0.1, 0.15) is 27.7 Å². The largest absolute Gasteiger partial charge is 0.443 e. The van der Waals surface area contributed by atoms with E-state index in [9.17, 15) is 9.90 Å². The molecule has 0 saturated heterocycles. The van der Waals surface area contributed by atoms with Gasteiger partial charge >= 0.3 is 6.09 Å². The molecule has 0 saturated carbocycles. The van der Waals surface area contributed by atoms with E-state index in [-0.39, 0.29) is 12.6 Å². The van der Waals surface area contributed by atoms with Crippen molar-refractivity contribution in [1.82, 2.24) is 4.98 Å². The van der Waals surface area contributed by atoms with Gasteiger partial charge in [-0.2, -0.15) is 0 Å². The van der Waals surface area contributed by atoms with E-state index in [0.717, 1.165) is 0 Å². The minimum Gasteiger partial charge on any atom is -0.443 e. The van der Waals surface area contributed by atoms with Crippen LogP contribution in [0.2, 0.25) is 0 Å². The molecule has 1 aromatic rings. The van der Waals surface area contributed by atoms with E-state index >= 15 is 0 Å². The van der Waals surface area contributed by atoms with Crippen LogP contribution in [0, 0.1) is 0 Å². The van der Waals surface area contributed by atoms with E-state index in [1.165, 1.54) is 16.2 Å². The summed E-state index contributed by atoms with van der Waals surface area (Å²) in [4.78, 5) is 17.4. The zero-order valence-electron chi connectivity index (χ0n) is 10.5. The van der Waals surface area contributed by atoms with Gasteiger partial charge in [0.05, 0.1) is 18.2 Å². The summed E-state index contributed by atoms with van der Waals surface area (Å²) in [6.45, 7) is 7.00. The highest BCUT2D eigenvalue weighted by Crippen LogP contribution is 2.20. The molecular weight excluding hydrogens is 240 g/mol. The zero-order chi connectivity index (χ0) is 13.1. The predicted molar refractivity (Wildman–Crippen MR) is 67.4 cm³/mol. The average Bonchev–Trinajstić information content (AvgIpc) is 2.68. The molecule has 6 heteroatoms. The first-order valence-electron chi connectivity index (χ1n) is 5.36. The quantitative estimate of drug-likeness (QED) is 0.903. The van der Waals surface area contributed by atoms with Crippen LogP contribution >= 0.6 is 11.3 Å². The van der Waals surface area contributed by atoms with Crippen molar-refractivity contribution in [2.45, 2.75) is 39.3 Å². The third kappa shape index (κ3) is 3.98. The van der Waals surface area contributed by atoms with E-state index in [1.54, 1.807) is 38.6 Å². The molecule has 0 bridgehead atoms. The molecule has 0 aliphatic rings. The summed E-state index contributed by atoms with van der Waals surface area (Å²) in [5, 5.41) is 10.9. The Kier molecular flexibility index (Phi) is 4.47. The second-order valence-corrected chi connectivity index (χ2v) is 5.45. The minimum absolute atomic E-state index is 0.142. The second kappa shape index (κ2) is 5.46. The first-order chi connectivity index (χ1) is 7.85. The number of aliphatic hydroxyl groups excluding tert-OH is 1. The van der Waals surface area contributed by atoms with Crippen molar-refractivity contribution in [2.24, 2.45) is 0 Å². The molecule has 1 heterocycles. The molecule has 1 aromatic heterocycles. The van der Waals surface area contributed by atoms with Gasteiger partial charge in [-0.25, -0.2) is 9.78 Å². The van der Waals surface area contributed by atoms with E-state index in [2.05, 4.69) is 4.98 Å². The number of carbonyl (C=O) groups is 1. The molecule has 1 atom stereocenters. The molecule has 0 aromatic carbocycles. The Hall–Kier alpha value is -1.14. The Morgan fingerprint density at radius 2 is 2.29 bits per heavy atom. The van der Waals surface area contributed by atoms with Crippen LogP contribution in [0.4, 0.5) is 10.6 Å². The molecule has 5 nitrogen and oxygen atoms in total. The number of aliphatic hydroxyl groups is 1. The lowest BCUT2D eigenvalue weighted by Gasteiger charge is -2.29. The van der Waals surface area contributed by atoms with Crippen molar-refractivity contribution in [3.8, 4) is 0 Å². The van der Waals surface area contributed by atoms with Crippen LogP contribution in [0.5, 0.6) is 0 Å². The van der Waals surface area contributed by atoms with Crippen LogP contribution < -0.4 is 4.90 Å². The third-order valence-electron chi connectivity index (χ3n) is 1.96. The van der Waals surface area contributed by atoms with Crippen molar-refractivity contribution in [3.05, 3.63) is 10.9 Å². The van der Waals surface area contributed by atoms with Gasteiger partial charge in [0.15, 0.2) is 0 Å². The van der Waals surface area contributed by atoms with Crippen molar-refractivity contribution < 1.29 is 14.6 Å². The number of hydrogen-bond acceptors (Lipinski definition) is 5. The molecule has 0 radical (unpaired) electrons. The normalized spacial score (nSPS) is 13.2. The Balaban J connectivity index is 2.88. The first-order valence-corrected chi connectivity index (χ1v) is 6.30. The van der Waals surface area contributed by atoms with E-state index in [4.69, 9.17) is 4.74 Å². The summed E-state index contributed by atoms with van der Waals surface area (Å²) in [6, 6.07) is -0.369. The Bertz CT molecular complexity index is 359. The van der Waals surface area contributed by atoms with Gasteiger partial charge < -0.3 is 9.84 Å². The fraction of sp³-hybridized carbons (Fsp3) is 0.636. The number of hydrogen-bond donors (Lipinski definition) is 1. The van der Waals surface area contributed by atoms with Gasteiger partial charge in [0.2, 0.25) is 0 Å². The van der Waals surface area contributed by atoms with Crippen molar-refractivity contribution in [2.75, 3.05) is 11.5 Å². The summed E-state index contributed by atoms with van der Waals surface area (Å²) in [6.07, 6.45) is -0.495. The molecule has 1 amide bonds. The molecule has 96 valence electrons. The Morgan fingerprint density at radius 3 is 2.71 bits per heavy atom. The number of carbonyl (C=O) groups excluding carboxylic acids is 1. The van der Waals surface area contributed by atoms with Crippen LogP contribution in [-0.2, 0) is 4.74 Å². The Morgan fingerprint density at radius 1 is 1.65 bits per heavy atom.